The normalized spacial score (nSPS) is 23.7. The molecule has 1 aliphatic heterocycles. The summed E-state index contributed by atoms with van der Waals surface area (Å²) in [6, 6.07) is -3.13. The second kappa shape index (κ2) is 17.4. The van der Waals surface area contributed by atoms with E-state index in [1.807, 2.05) is 0 Å². The topological polar surface area (TPSA) is 157 Å². The molecule has 0 aliphatic carbocycles. The van der Waals surface area contributed by atoms with E-state index in [1.54, 1.807) is 19.1 Å². The highest BCUT2D eigenvalue weighted by atomic mass is 19.4. The van der Waals surface area contributed by atoms with E-state index in [0.29, 0.717) is 19.3 Å². The van der Waals surface area contributed by atoms with Gasteiger partial charge in [0.1, 0.15) is 12.1 Å². The Bertz CT molecular complexity index is 905. The third-order valence-electron chi connectivity index (χ3n) is 5.71. The first-order chi connectivity index (χ1) is 18.3. The Morgan fingerprint density at radius 1 is 1.21 bits per heavy atom. The fraction of sp³-hybridized carbons (Fsp3) is 0.615. The highest BCUT2D eigenvalue weighted by molar-refractivity contribution is 5.95. The number of hydrogen-bond donors (Lipinski definition) is 6. The smallest absolute Gasteiger partial charge is 0.389 e. The highest BCUT2D eigenvalue weighted by Gasteiger charge is 2.31. The first kappa shape index (κ1) is 33.8. The van der Waals surface area contributed by atoms with Crippen molar-refractivity contribution in [1.29, 1.82) is 0 Å². The predicted octanol–water partition coefficient (Wildman–Crippen LogP) is 1.29. The SMILES string of the molecule is CC(O)C(NC(=O)/C=C/C=C/CCCCCC(F)(F)F)C(=O)N[C@H]1C[C@@H](O)CCNC(=O)/C=C/[C@H](C)NC1=O. The van der Waals surface area contributed by atoms with Gasteiger partial charge in [0, 0.05) is 37.6 Å². The van der Waals surface area contributed by atoms with Crippen molar-refractivity contribution < 1.29 is 42.6 Å². The van der Waals surface area contributed by atoms with E-state index in [4.69, 9.17) is 0 Å². The van der Waals surface area contributed by atoms with Crippen molar-refractivity contribution in [3.63, 3.8) is 0 Å². The van der Waals surface area contributed by atoms with Gasteiger partial charge in [-0.2, -0.15) is 13.2 Å². The van der Waals surface area contributed by atoms with Gasteiger partial charge in [0.25, 0.3) is 0 Å². The molecule has 1 heterocycles. The molecule has 0 saturated heterocycles. The van der Waals surface area contributed by atoms with Crippen LogP contribution < -0.4 is 21.3 Å². The minimum atomic E-state index is -4.15. The predicted molar refractivity (Wildman–Crippen MR) is 138 cm³/mol. The van der Waals surface area contributed by atoms with Crippen molar-refractivity contribution in [2.45, 2.75) is 95.3 Å². The van der Waals surface area contributed by atoms with Gasteiger partial charge in [0.05, 0.1) is 12.2 Å². The molecular weight excluding hydrogens is 521 g/mol. The molecule has 13 heteroatoms. The molecule has 2 unspecified atom stereocenters. The van der Waals surface area contributed by atoms with Crippen LogP contribution in [0.15, 0.2) is 36.5 Å². The van der Waals surface area contributed by atoms with Crippen molar-refractivity contribution in [3.8, 4) is 0 Å². The van der Waals surface area contributed by atoms with E-state index in [2.05, 4.69) is 21.3 Å². The molecule has 5 atom stereocenters. The maximum Gasteiger partial charge on any atom is 0.389 e. The van der Waals surface area contributed by atoms with Crippen LogP contribution >= 0.6 is 0 Å². The van der Waals surface area contributed by atoms with Crippen LogP contribution in [0.2, 0.25) is 0 Å². The van der Waals surface area contributed by atoms with Crippen LogP contribution in [0.5, 0.6) is 0 Å². The summed E-state index contributed by atoms with van der Waals surface area (Å²) in [5.74, 6) is -2.51. The molecule has 0 bridgehead atoms. The lowest BCUT2D eigenvalue weighted by atomic mass is 10.0. The van der Waals surface area contributed by atoms with Gasteiger partial charge in [-0.3, -0.25) is 19.2 Å². The van der Waals surface area contributed by atoms with Crippen molar-refractivity contribution in [2.75, 3.05) is 6.54 Å². The lowest BCUT2D eigenvalue weighted by Gasteiger charge is -2.26. The highest BCUT2D eigenvalue weighted by Crippen LogP contribution is 2.22. The number of halogens is 3. The van der Waals surface area contributed by atoms with Crippen molar-refractivity contribution in [1.82, 2.24) is 21.3 Å². The van der Waals surface area contributed by atoms with E-state index in [0.717, 1.165) is 6.08 Å². The Hall–Kier alpha value is -3.19. The van der Waals surface area contributed by atoms with E-state index in [1.165, 1.54) is 25.2 Å². The van der Waals surface area contributed by atoms with Gasteiger partial charge in [-0.15, -0.1) is 0 Å². The first-order valence-corrected chi connectivity index (χ1v) is 12.9. The first-order valence-electron chi connectivity index (χ1n) is 12.9. The summed E-state index contributed by atoms with van der Waals surface area (Å²) >= 11 is 0. The molecule has 0 saturated carbocycles. The molecule has 220 valence electrons. The number of alkyl halides is 3. The average Bonchev–Trinajstić information content (AvgIpc) is 2.83. The van der Waals surface area contributed by atoms with Gasteiger partial charge in [-0.05, 0) is 39.5 Å². The minimum absolute atomic E-state index is 0.0636. The zero-order valence-electron chi connectivity index (χ0n) is 22.2. The average molecular weight is 561 g/mol. The number of rotatable bonds is 11. The van der Waals surface area contributed by atoms with Gasteiger partial charge in [-0.1, -0.05) is 30.7 Å². The van der Waals surface area contributed by atoms with Crippen molar-refractivity contribution >= 4 is 23.6 Å². The number of carbonyl (C=O) groups is 4. The summed E-state index contributed by atoms with van der Waals surface area (Å²) in [4.78, 5) is 49.6. The van der Waals surface area contributed by atoms with Crippen LogP contribution in [0.1, 0.15) is 58.8 Å². The summed E-state index contributed by atoms with van der Waals surface area (Å²) in [6.45, 7) is 3.07. The molecule has 0 aromatic rings. The van der Waals surface area contributed by atoms with E-state index in [-0.39, 0.29) is 31.7 Å². The molecule has 10 nitrogen and oxygen atoms in total. The maximum absolute atomic E-state index is 12.9. The molecule has 1 aliphatic rings. The Labute approximate surface area is 226 Å². The molecule has 39 heavy (non-hydrogen) atoms. The molecule has 0 spiro atoms. The molecule has 0 aromatic heterocycles. The van der Waals surface area contributed by atoms with Crippen LogP contribution in [0.25, 0.3) is 0 Å². The molecule has 0 fully saturated rings. The zero-order valence-corrected chi connectivity index (χ0v) is 22.2. The van der Waals surface area contributed by atoms with Crippen LogP contribution in [0.3, 0.4) is 0 Å². The fourth-order valence-electron chi connectivity index (χ4n) is 3.60. The van der Waals surface area contributed by atoms with Gasteiger partial charge in [0.2, 0.25) is 23.6 Å². The largest absolute Gasteiger partial charge is 0.393 e. The molecule has 0 radical (unpaired) electrons. The molecule has 1 rings (SSSR count). The molecule has 6 N–H and O–H groups in total. The van der Waals surface area contributed by atoms with Gasteiger partial charge in [-0.25, -0.2) is 0 Å². The zero-order chi connectivity index (χ0) is 29.4. The Morgan fingerprint density at radius 3 is 2.59 bits per heavy atom. The van der Waals surface area contributed by atoms with Crippen LogP contribution in [-0.4, -0.2) is 76.9 Å². The lowest BCUT2D eigenvalue weighted by Crippen LogP contribution is -2.58. The summed E-state index contributed by atoms with van der Waals surface area (Å²) in [5.41, 5.74) is 0. The number of aliphatic hydroxyl groups excluding tert-OH is 2. The summed E-state index contributed by atoms with van der Waals surface area (Å²) in [5, 5.41) is 30.4. The Kier molecular flexibility index (Phi) is 15.1. The molecule has 0 aromatic carbocycles. The minimum Gasteiger partial charge on any atom is -0.393 e. The standard InChI is InChI=1S/C26H39F3N4O6/c1-17-11-12-21(36)30-15-13-19(35)16-20(24(38)31-17)32-25(39)23(18(2)34)33-22(37)10-8-6-4-3-5-7-9-14-26(27,28)29/h4,6,8,10-12,17-20,23,34-35H,3,5,7,9,13-16H2,1-2H3,(H,30,36)(H,31,38)(H,32,39)(H,33,37)/b6-4+,10-8+,12-11+/t17-,18?,19-,20-,23?/m0/s1. The number of hydrogen-bond acceptors (Lipinski definition) is 6. The summed E-state index contributed by atoms with van der Waals surface area (Å²) in [7, 11) is 0. The second-order valence-electron chi connectivity index (χ2n) is 9.42. The lowest BCUT2D eigenvalue weighted by molar-refractivity contribution is -0.135. The number of nitrogens with one attached hydrogen (secondary N) is 4. The fourth-order valence-corrected chi connectivity index (χ4v) is 3.60. The van der Waals surface area contributed by atoms with Crippen LogP contribution in [0.4, 0.5) is 13.2 Å². The quantitative estimate of drug-likeness (QED) is 0.127. The van der Waals surface area contributed by atoms with Gasteiger partial charge < -0.3 is 31.5 Å². The van der Waals surface area contributed by atoms with E-state index < -0.39 is 60.7 Å². The van der Waals surface area contributed by atoms with Gasteiger partial charge in [0.15, 0.2) is 0 Å². The third kappa shape index (κ3) is 15.7. The van der Waals surface area contributed by atoms with Gasteiger partial charge >= 0.3 is 6.18 Å². The maximum atomic E-state index is 12.9. The van der Waals surface area contributed by atoms with E-state index >= 15 is 0 Å². The number of amides is 4. The van der Waals surface area contributed by atoms with E-state index in [9.17, 15) is 42.6 Å². The molecule has 4 amide bonds. The number of unbranched alkanes of at least 4 members (excludes halogenated alkanes) is 3. The summed E-state index contributed by atoms with van der Waals surface area (Å²) in [6.07, 6.45) is 2.78. The van der Waals surface area contributed by atoms with Crippen molar-refractivity contribution in [2.24, 2.45) is 0 Å². The number of allylic oxidation sites excluding steroid dienone is 3. The Balaban J connectivity index is 2.68. The Morgan fingerprint density at radius 2 is 1.92 bits per heavy atom. The summed E-state index contributed by atoms with van der Waals surface area (Å²) < 4.78 is 36.3. The number of aliphatic hydroxyl groups is 2. The van der Waals surface area contributed by atoms with Crippen LogP contribution in [-0.2, 0) is 19.2 Å². The monoisotopic (exact) mass is 560 g/mol. The number of carbonyl (C=O) groups excluding carboxylic acids is 4. The second-order valence-corrected chi connectivity index (χ2v) is 9.42. The third-order valence-corrected chi connectivity index (χ3v) is 5.71. The van der Waals surface area contributed by atoms with Crippen molar-refractivity contribution in [3.05, 3.63) is 36.5 Å². The molecular formula is C26H39F3N4O6. The van der Waals surface area contributed by atoms with Crippen LogP contribution in [0, 0.1) is 0 Å².